The maximum atomic E-state index is 12.9. The highest BCUT2D eigenvalue weighted by Gasteiger charge is 2.34. The van der Waals surface area contributed by atoms with E-state index in [9.17, 15) is 22.8 Å². The molecule has 32 heavy (non-hydrogen) atoms. The Kier molecular flexibility index (Phi) is 4.78. The van der Waals surface area contributed by atoms with Crippen LogP contribution in [0.15, 0.2) is 59.4 Å². The second-order valence-corrected chi connectivity index (χ2v) is 7.69. The number of ether oxygens (including phenoxy) is 2. The van der Waals surface area contributed by atoms with Crippen molar-refractivity contribution in [1.82, 2.24) is 10.3 Å². The molecule has 1 unspecified atom stereocenters. The number of hydrogen-bond acceptors (Lipinski definition) is 4. The molecule has 2 aliphatic rings. The minimum Gasteiger partial charge on any atom is -0.457 e. The van der Waals surface area contributed by atoms with Crippen LogP contribution in [0.3, 0.4) is 0 Å². The molecule has 0 radical (unpaired) electrons. The molecule has 5 rings (SSSR count). The first kappa shape index (κ1) is 20.3. The number of hydrogen-bond donors (Lipinski definition) is 2. The molecule has 3 heterocycles. The van der Waals surface area contributed by atoms with E-state index in [1.165, 1.54) is 0 Å². The Morgan fingerprint density at radius 3 is 2.44 bits per heavy atom. The topological polar surface area (TPSA) is 80.4 Å². The Balaban J connectivity index is 1.52. The molecule has 1 fully saturated rings. The molecule has 1 aromatic heterocycles. The highest BCUT2D eigenvalue weighted by Crippen LogP contribution is 2.44. The lowest BCUT2D eigenvalue weighted by Crippen LogP contribution is -2.35. The second kappa shape index (κ2) is 7.52. The summed E-state index contributed by atoms with van der Waals surface area (Å²) in [5, 5.41) is 2.80. The zero-order chi connectivity index (χ0) is 22.5. The van der Waals surface area contributed by atoms with Crippen LogP contribution in [-0.2, 0) is 10.9 Å². The molecular formula is C23H17F3N2O4. The Hall–Kier alpha value is -3.59. The predicted octanol–water partition coefficient (Wildman–Crippen LogP) is 4.13. The Morgan fingerprint density at radius 1 is 1.00 bits per heavy atom. The first-order valence-corrected chi connectivity index (χ1v) is 9.91. The summed E-state index contributed by atoms with van der Waals surface area (Å²) in [6.07, 6.45) is -4.71. The molecule has 164 valence electrons. The van der Waals surface area contributed by atoms with Gasteiger partial charge in [-0.3, -0.25) is 9.59 Å². The SMILES string of the molecule is O=C(NC1c2ccccc2Oc2ccc(C3COC3)cc21)c1ccc(C(F)(F)F)[nH]c1=O. The number of benzene rings is 2. The molecule has 2 aliphatic heterocycles. The lowest BCUT2D eigenvalue weighted by atomic mass is 9.89. The van der Waals surface area contributed by atoms with Gasteiger partial charge in [0.15, 0.2) is 0 Å². The number of aromatic nitrogens is 1. The zero-order valence-electron chi connectivity index (χ0n) is 16.5. The highest BCUT2D eigenvalue weighted by molar-refractivity contribution is 5.94. The van der Waals surface area contributed by atoms with Gasteiger partial charge in [-0.1, -0.05) is 24.3 Å². The Morgan fingerprint density at radius 2 is 1.75 bits per heavy atom. The summed E-state index contributed by atoms with van der Waals surface area (Å²) in [4.78, 5) is 26.9. The van der Waals surface area contributed by atoms with Crippen molar-refractivity contribution < 1.29 is 27.4 Å². The van der Waals surface area contributed by atoms with Gasteiger partial charge in [0.1, 0.15) is 22.8 Å². The van der Waals surface area contributed by atoms with E-state index >= 15 is 0 Å². The summed E-state index contributed by atoms with van der Waals surface area (Å²) in [5.74, 6) is 0.558. The van der Waals surface area contributed by atoms with Crippen molar-refractivity contribution in [3.63, 3.8) is 0 Å². The van der Waals surface area contributed by atoms with Crippen molar-refractivity contribution >= 4 is 5.91 Å². The van der Waals surface area contributed by atoms with Crippen LogP contribution in [0, 0.1) is 0 Å². The molecule has 1 atom stereocenters. The Bertz CT molecular complexity index is 1260. The van der Waals surface area contributed by atoms with E-state index in [1.807, 2.05) is 18.2 Å². The molecule has 2 N–H and O–H groups in total. The molecule has 0 aliphatic carbocycles. The van der Waals surface area contributed by atoms with Crippen LogP contribution in [0.5, 0.6) is 11.5 Å². The lowest BCUT2D eigenvalue weighted by Gasteiger charge is -2.31. The van der Waals surface area contributed by atoms with Crippen molar-refractivity contribution in [2.75, 3.05) is 13.2 Å². The predicted molar refractivity (Wildman–Crippen MR) is 108 cm³/mol. The average molecular weight is 442 g/mol. The van der Waals surface area contributed by atoms with Gasteiger partial charge < -0.3 is 19.8 Å². The van der Waals surface area contributed by atoms with Gasteiger partial charge in [-0.2, -0.15) is 13.2 Å². The van der Waals surface area contributed by atoms with Crippen LogP contribution in [0.4, 0.5) is 13.2 Å². The van der Waals surface area contributed by atoms with Crippen LogP contribution < -0.4 is 15.6 Å². The number of carbonyl (C=O) groups is 1. The third kappa shape index (κ3) is 3.54. The van der Waals surface area contributed by atoms with E-state index in [-0.39, 0.29) is 5.92 Å². The highest BCUT2D eigenvalue weighted by atomic mass is 19.4. The van der Waals surface area contributed by atoms with Gasteiger partial charge in [0.05, 0.1) is 19.3 Å². The van der Waals surface area contributed by atoms with E-state index in [4.69, 9.17) is 9.47 Å². The summed E-state index contributed by atoms with van der Waals surface area (Å²) >= 11 is 0. The van der Waals surface area contributed by atoms with Crippen molar-refractivity contribution in [1.29, 1.82) is 0 Å². The molecule has 3 aromatic rings. The monoisotopic (exact) mass is 442 g/mol. The number of H-pyrrole nitrogens is 1. The molecule has 6 nitrogen and oxygen atoms in total. The zero-order valence-corrected chi connectivity index (χ0v) is 16.5. The number of alkyl halides is 3. The van der Waals surface area contributed by atoms with E-state index in [0.29, 0.717) is 41.9 Å². The molecule has 1 amide bonds. The van der Waals surface area contributed by atoms with Crippen molar-refractivity contribution in [2.24, 2.45) is 0 Å². The summed E-state index contributed by atoms with van der Waals surface area (Å²) in [7, 11) is 0. The number of nitrogens with one attached hydrogen (secondary N) is 2. The minimum atomic E-state index is -4.71. The van der Waals surface area contributed by atoms with Gasteiger partial charge in [-0.15, -0.1) is 0 Å². The number of halogens is 3. The number of pyridine rings is 1. The summed E-state index contributed by atoms with van der Waals surface area (Å²) in [5.41, 5.74) is -0.327. The van der Waals surface area contributed by atoms with Gasteiger partial charge in [-0.05, 0) is 35.9 Å². The fourth-order valence-electron chi connectivity index (χ4n) is 3.85. The van der Waals surface area contributed by atoms with Crippen molar-refractivity contribution in [3.8, 4) is 11.5 Å². The lowest BCUT2D eigenvalue weighted by molar-refractivity contribution is -0.141. The number of para-hydroxylation sites is 1. The third-order valence-electron chi connectivity index (χ3n) is 5.64. The summed E-state index contributed by atoms with van der Waals surface area (Å²) in [6, 6.07) is 13.7. The van der Waals surface area contributed by atoms with Gasteiger partial charge in [-0.25, -0.2) is 0 Å². The standard InChI is InChI=1S/C23H17F3N2O4/c24-23(25,26)19-8-6-15(21(29)27-19)22(30)28-20-14-3-1-2-4-17(14)32-18-7-5-12(9-16(18)20)13-10-31-11-13/h1-9,13,20H,10-11H2,(H,27,29)(H,28,30). The van der Waals surface area contributed by atoms with Crippen LogP contribution in [0.25, 0.3) is 0 Å². The maximum absolute atomic E-state index is 12.9. The van der Waals surface area contributed by atoms with Crippen LogP contribution in [-0.4, -0.2) is 24.1 Å². The van der Waals surface area contributed by atoms with E-state index in [0.717, 1.165) is 11.6 Å². The smallest absolute Gasteiger partial charge is 0.431 e. The van der Waals surface area contributed by atoms with Gasteiger partial charge >= 0.3 is 6.18 Å². The number of amides is 1. The molecule has 9 heteroatoms. The molecule has 2 aromatic carbocycles. The van der Waals surface area contributed by atoms with Gasteiger partial charge in [0.2, 0.25) is 0 Å². The normalized spacial score (nSPS) is 17.5. The number of carbonyl (C=O) groups excluding carboxylic acids is 1. The minimum absolute atomic E-state index is 0.242. The quantitative estimate of drug-likeness (QED) is 0.639. The van der Waals surface area contributed by atoms with Crippen LogP contribution in [0.1, 0.15) is 44.7 Å². The number of aromatic amines is 1. The fourth-order valence-corrected chi connectivity index (χ4v) is 3.85. The number of rotatable bonds is 3. The molecule has 0 bridgehead atoms. The first-order valence-electron chi connectivity index (χ1n) is 9.91. The second-order valence-electron chi connectivity index (χ2n) is 7.69. The molecular weight excluding hydrogens is 425 g/mol. The first-order chi connectivity index (χ1) is 15.3. The van der Waals surface area contributed by atoms with E-state index in [2.05, 4.69) is 5.32 Å². The van der Waals surface area contributed by atoms with Crippen LogP contribution in [0.2, 0.25) is 0 Å². The average Bonchev–Trinajstić information content (AvgIpc) is 2.71. The van der Waals surface area contributed by atoms with Gasteiger partial charge in [0, 0.05) is 17.0 Å². The summed E-state index contributed by atoms with van der Waals surface area (Å²) in [6.45, 7) is 1.21. The number of fused-ring (bicyclic) bond motifs is 2. The molecule has 0 spiro atoms. The fraction of sp³-hybridized carbons (Fsp3) is 0.217. The van der Waals surface area contributed by atoms with Crippen LogP contribution >= 0.6 is 0 Å². The van der Waals surface area contributed by atoms with Gasteiger partial charge in [0.25, 0.3) is 11.5 Å². The molecule has 1 saturated heterocycles. The van der Waals surface area contributed by atoms with E-state index in [1.54, 1.807) is 29.2 Å². The van der Waals surface area contributed by atoms with Crippen molar-refractivity contribution in [3.05, 3.63) is 92.9 Å². The molecule has 0 saturated carbocycles. The largest absolute Gasteiger partial charge is 0.457 e. The van der Waals surface area contributed by atoms with E-state index < -0.39 is 34.9 Å². The third-order valence-corrected chi connectivity index (χ3v) is 5.64. The summed E-state index contributed by atoms with van der Waals surface area (Å²) < 4.78 is 49.8. The van der Waals surface area contributed by atoms with Crippen molar-refractivity contribution in [2.45, 2.75) is 18.1 Å². The Labute approximate surface area is 180 Å². The maximum Gasteiger partial charge on any atom is 0.431 e.